The van der Waals surface area contributed by atoms with Crippen LogP contribution in [0.15, 0.2) is 30.5 Å². The summed E-state index contributed by atoms with van der Waals surface area (Å²) in [6.45, 7) is 0.351. The molecule has 3 rings (SSSR count). The van der Waals surface area contributed by atoms with E-state index in [0.717, 1.165) is 12.2 Å². The van der Waals surface area contributed by atoms with Gasteiger partial charge in [-0.25, -0.2) is 9.97 Å². The highest BCUT2D eigenvalue weighted by molar-refractivity contribution is 5.37. The summed E-state index contributed by atoms with van der Waals surface area (Å²) in [5, 5.41) is 0. The molecular weight excluding hydrogens is 238 g/mol. The van der Waals surface area contributed by atoms with Gasteiger partial charge in [0.25, 0.3) is 0 Å². The summed E-state index contributed by atoms with van der Waals surface area (Å²) < 4.78 is 5.73. The summed E-state index contributed by atoms with van der Waals surface area (Å²) in [5.41, 5.74) is 8.48. The van der Waals surface area contributed by atoms with Gasteiger partial charge in [-0.05, 0) is 55.0 Å². The number of hydrogen-bond donors (Lipinski definition) is 1. The van der Waals surface area contributed by atoms with Crippen molar-refractivity contribution in [2.75, 3.05) is 5.73 Å². The summed E-state index contributed by atoms with van der Waals surface area (Å²) in [5.74, 6) is 1.96. The van der Waals surface area contributed by atoms with Gasteiger partial charge in [-0.1, -0.05) is 6.07 Å². The van der Waals surface area contributed by atoms with Crippen molar-refractivity contribution in [2.24, 2.45) is 0 Å². The van der Waals surface area contributed by atoms with E-state index in [4.69, 9.17) is 10.5 Å². The van der Waals surface area contributed by atoms with E-state index in [1.165, 1.54) is 30.4 Å². The molecule has 0 bridgehead atoms. The third-order valence-corrected chi connectivity index (χ3v) is 3.41. The molecule has 0 radical (unpaired) electrons. The summed E-state index contributed by atoms with van der Waals surface area (Å²) in [7, 11) is 0. The summed E-state index contributed by atoms with van der Waals surface area (Å²) >= 11 is 0. The maximum Gasteiger partial charge on any atom is 0.168 e. The minimum Gasteiger partial charge on any atom is -0.486 e. The van der Waals surface area contributed by atoms with Crippen LogP contribution in [0.25, 0.3) is 0 Å². The second kappa shape index (κ2) is 5.26. The third-order valence-electron chi connectivity index (χ3n) is 3.41. The monoisotopic (exact) mass is 255 g/mol. The van der Waals surface area contributed by atoms with E-state index in [9.17, 15) is 0 Å². The Morgan fingerprint density at radius 2 is 1.95 bits per heavy atom. The molecule has 1 heterocycles. The zero-order chi connectivity index (χ0) is 13.1. The van der Waals surface area contributed by atoms with Crippen LogP contribution < -0.4 is 10.5 Å². The Morgan fingerprint density at radius 1 is 1.11 bits per heavy atom. The van der Waals surface area contributed by atoms with Crippen molar-refractivity contribution >= 4 is 5.82 Å². The first-order valence-electron chi connectivity index (χ1n) is 6.63. The predicted molar refractivity (Wildman–Crippen MR) is 73.9 cm³/mol. The van der Waals surface area contributed by atoms with Crippen LogP contribution in [0.5, 0.6) is 5.75 Å². The van der Waals surface area contributed by atoms with Crippen LogP contribution in [0.2, 0.25) is 0 Å². The van der Waals surface area contributed by atoms with Crippen LogP contribution in [0, 0.1) is 0 Å². The molecule has 0 saturated heterocycles. The van der Waals surface area contributed by atoms with Crippen molar-refractivity contribution in [3.05, 3.63) is 47.4 Å². The zero-order valence-corrected chi connectivity index (χ0v) is 10.8. The van der Waals surface area contributed by atoms with Crippen LogP contribution in [-0.2, 0) is 19.4 Å². The number of aromatic nitrogens is 2. The minimum absolute atomic E-state index is 0.351. The first-order chi connectivity index (χ1) is 9.31. The summed E-state index contributed by atoms with van der Waals surface area (Å²) in [6, 6.07) is 8.00. The van der Waals surface area contributed by atoms with Gasteiger partial charge in [0.05, 0.1) is 0 Å². The lowest BCUT2D eigenvalue weighted by atomic mass is 9.92. The van der Waals surface area contributed by atoms with Crippen molar-refractivity contribution in [3.8, 4) is 5.75 Å². The number of nitrogens with two attached hydrogens (primary N) is 1. The van der Waals surface area contributed by atoms with Crippen molar-refractivity contribution in [3.63, 3.8) is 0 Å². The number of ether oxygens (including phenoxy) is 1. The van der Waals surface area contributed by atoms with Crippen molar-refractivity contribution < 1.29 is 4.74 Å². The quantitative estimate of drug-likeness (QED) is 0.915. The van der Waals surface area contributed by atoms with Gasteiger partial charge in [-0.2, -0.15) is 0 Å². The number of hydrogen-bond acceptors (Lipinski definition) is 4. The van der Waals surface area contributed by atoms with Crippen LogP contribution in [0.3, 0.4) is 0 Å². The van der Waals surface area contributed by atoms with Gasteiger partial charge in [0, 0.05) is 6.20 Å². The second-order valence-electron chi connectivity index (χ2n) is 4.82. The molecule has 1 aliphatic rings. The van der Waals surface area contributed by atoms with Crippen molar-refractivity contribution in [1.82, 2.24) is 9.97 Å². The Balaban J connectivity index is 1.70. The first-order valence-corrected chi connectivity index (χ1v) is 6.63. The van der Waals surface area contributed by atoms with Gasteiger partial charge in [-0.15, -0.1) is 0 Å². The Morgan fingerprint density at radius 3 is 2.79 bits per heavy atom. The molecule has 0 saturated carbocycles. The molecular formula is C15H17N3O. The molecule has 4 heteroatoms. The summed E-state index contributed by atoms with van der Waals surface area (Å²) in [4.78, 5) is 8.24. The molecule has 1 aromatic heterocycles. The third kappa shape index (κ3) is 2.84. The average Bonchev–Trinajstić information content (AvgIpc) is 2.45. The fraction of sp³-hybridized carbons (Fsp3) is 0.333. The van der Waals surface area contributed by atoms with Crippen LogP contribution in [-0.4, -0.2) is 9.97 Å². The van der Waals surface area contributed by atoms with Gasteiger partial charge in [-0.3, -0.25) is 0 Å². The van der Waals surface area contributed by atoms with E-state index in [0.29, 0.717) is 18.2 Å². The largest absolute Gasteiger partial charge is 0.486 e. The summed E-state index contributed by atoms with van der Waals surface area (Å²) in [6.07, 6.45) is 6.56. The first kappa shape index (κ1) is 12.0. The Hall–Kier alpha value is -2.10. The lowest BCUT2D eigenvalue weighted by Crippen LogP contribution is -2.05. The van der Waals surface area contributed by atoms with E-state index < -0.39 is 0 Å². The average molecular weight is 255 g/mol. The topological polar surface area (TPSA) is 61.0 Å². The number of rotatable bonds is 3. The smallest absolute Gasteiger partial charge is 0.168 e. The lowest BCUT2D eigenvalue weighted by Gasteiger charge is -2.16. The number of aryl methyl sites for hydroxylation is 2. The molecule has 4 nitrogen and oxygen atoms in total. The van der Waals surface area contributed by atoms with Crippen LogP contribution in [0.4, 0.5) is 5.82 Å². The number of nitrogen functional groups attached to an aromatic ring is 1. The van der Waals surface area contributed by atoms with E-state index in [-0.39, 0.29) is 0 Å². The molecule has 0 fully saturated rings. The molecule has 2 aromatic rings. The molecule has 1 aliphatic carbocycles. The molecule has 1 aromatic carbocycles. The standard InChI is InChI=1S/C15H17N3O/c16-14-7-8-17-15(18-14)10-19-13-6-5-11-3-1-2-4-12(11)9-13/h5-9H,1-4,10H2,(H2,16,17,18). The van der Waals surface area contributed by atoms with Crippen LogP contribution in [0.1, 0.15) is 29.8 Å². The molecule has 2 N–H and O–H groups in total. The van der Waals surface area contributed by atoms with Crippen LogP contribution >= 0.6 is 0 Å². The molecule has 0 spiro atoms. The van der Waals surface area contributed by atoms with E-state index in [1.807, 2.05) is 6.07 Å². The maximum absolute atomic E-state index is 5.73. The zero-order valence-electron chi connectivity index (χ0n) is 10.8. The number of anilines is 1. The number of fused-ring (bicyclic) bond motifs is 1. The molecule has 0 unspecified atom stereocenters. The lowest BCUT2D eigenvalue weighted by molar-refractivity contribution is 0.295. The Bertz CT molecular complexity index is 583. The fourth-order valence-corrected chi connectivity index (χ4v) is 2.43. The highest BCUT2D eigenvalue weighted by atomic mass is 16.5. The molecule has 0 atom stereocenters. The SMILES string of the molecule is Nc1ccnc(COc2ccc3c(c2)CCCC3)n1. The van der Waals surface area contributed by atoms with Gasteiger partial charge < -0.3 is 10.5 Å². The second-order valence-corrected chi connectivity index (χ2v) is 4.82. The molecule has 0 aliphatic heterocycles. The van der Waals surface area contributed by atoms with Gasteiger partial charge in [0.2, 0.25) is 0 Å². The van der Waals surface area contributed by atoms with Crippen molar-refractivity contribution in [2.45, 2.75) is 32.3 Å². The molecule has 19 heavy (non-hydrogen) atoms. The van der Waals surface area contributed by atoms with Gasteiger partial charge in [0.15, 0.2) is 5.82 Å². The van der Waals surface area contributed by atoms with Gasteiger partial charge in [0.1, 0.15) is 18.2 Å². The Kier molecular flexibility index (Phi) is 3.31. The molecule has 98 valence electrons. The number of benzene rings is 1. The highest BCUT2D eigenvalue weighted by Crippen LogP contribution is 2.25. The normalized spacial score (nSPS) is 13.9. The molecule has 0 amide bonds. The van der Waals surface area contributed by atoms with E-state index >= 15 is 0 Å². The fourth-order valence-electron chi connectivity index (χ4n) is 2.43. The minimum atomic E-state index is 0.351. The van der Waals surface area contributed by atoms with Crippen molar-refractivity contribution in [1.29, 1.82) is 0 Å². The predicted octanol–water partition coefficient (Wildman–Crippen LogP) is 2.52. The highest BCUT2D eigenvalue weighted by Gasteiger charge is 2.10. The maximum atomic E-state index is 5.73. The van der Waals surface area contributed by atoms with Gasteiger partial charge >= 0.3 is 0 Å². The van der Waals surface area contributed by atoms with E-state index in [1.54, 1.807) is 12.3 Å². The number of nitrogens with zero attached hydrogens (tertiary/aromatic N) is 2. The van der Waals surface area contributed by atoms with E-state index in [2.05, 4.69) is 22.1 Å². The Labute approximate surface area is 112 Å².